The first-order valence-electron chi connectivity index (χ1n) is 9.19. The molecule has 0 atom stereocenters. The normalized spacial score (nSPS) is 11.4. The van der Waals surface area contributed by atoms with Gasteiger partial charge in [0.05, 0.1) is 12.6 Å². The molecule has 2 N–H and O–H groups in total. The maximum atomic E-state index is 12.7. The molecule has 0 unspecified atom stereocenters. The highest BCUT2D eigenvalue weighted by molar-refractivity contribution is 6.62. The number of benzene rings is 2. The van der Waals surface area contributed by atoms with Crippen molar-refractivity contribution < 1.29 is 29.1 Å². The topological polar surface area (TPSA) is 90.2 Å². The molecule has 0 aliphatic carbocycles. The molecule has 0 radical (unpaired) electrons. The molecule has 0 bridgehead atoms. The number of carbonyl (C=O) groups excluding carboxylic acids is 1. The van der Waals surface area contributed by atoms with Gasteiger partial charge in [-0.25, -0.2) is 4.79 Å². The van der Waals surface area contributed by atoms with Gasteiger partial charge in [0.2, 0.25) is 0 Å². The van der Waals surface area contributed by atoms with Gasteiger partial charge in [-0.3, -0.25) is 4.57 Å². The van der Waals surface area contributed by atoms with E-state index in [4.69, 9.17) is 14.2 Å². The minimum atomic E-state index is -1.76. The Kier molecular flexibility index (Phi) is 5.86. The minimum Gasteiger partial charge on any atom is -0.493 e. The van der Waals surface area contributed by atoms with Crippen LogP contribution in [0.3, 0.4) is 0 Å². The molecule has 0 aliphatic heterocycles. The number of methoxy groups -OCH3 is 1. The largest absolute Gasteiger partial charge is 0.493 e. The smallest absolute Gasteiger partial charge is 0.490 e. The third kappa shape index (κ3) is 4.72. The summed E-state index contributed by atoms with van der Waals surface area (Å²) < 4.78 is 18.0. The summed E-state index contributed by atoms with van der Waals surface area (Å²) >= 11 is 0. The van der Waals surface area contributed by atoms with Gasteiger partial charge in [0.25, 0.3) is 0 Å². The molecule has 1 aromatic heterocycles. The highest BCUT2D eigenvalue weighted by atomic mass is 16.6. The molecule has 152 valence electrons. The number of hydrogen-bond acceptors (Lipinski definition) is 6. The van der Waals surface area contributed by atoms with Crippen molar-refractivity contribution in [2.45, 2.75) is 33.0 Å². The zero-order valence-electron chi connectivity index (χ0n) is 16.9. The van der Waals surface area contributed by atoms with Crippen molar-refractivity contribution in [2.75, 3.05) is 7.11 Å². The summed E-state index contributed by atoms with van der Waals surface area (Å²) in [7, 11) is -0.266. The van der Waals surface area contributed by atoms with Crippen molar-refractivity contribution in [3.8, 4) is 11.5 Å². The highest BCUT2D eigenvalue weighted by Crippen LogP contribution is 2.33. The molecule has 2 aromatic carbocycles. The number of fused-ring (bicyclic) bond motifs is 1. The summed E-state index contributed by atoms with van der Waals surface area (Å²) in [6.45, 7) is 5.59. The lowest BCUT2D eigenvalue weighted by molar-refractivity contribution is 0.0544. The van der Waals surface area contributed by atoms with E-state index in [1.807, 2.05) is 30.3 Å². The van der Waals surface area contributed by atoms with Crippen LogP contribution in [0.4, 0.5) is 4.79 Å². The van der Waals surface area contributed by atoms with Gasteiger partial charge in [-0.1, -0.05) is 30.3 Å². The van der Waals surface area contributed by atoms with Crippen LogP contribution in [0.5, 0.6) is 11.5 Å². The van der Waals surface area contributed by atoms with E-state index in [0.29, 0.717) is 29.0 Å². The number of carbonyl (C=O) groups is 1. The third-order valence-corrected chi connectivity index (χ3v) is 4.23. The van der Waals surface area contributed by atoms with Gasteiger partial charge >= 0.3 is 13.2 Å². The molecule has 3 rings (SSSR count). The Bertz CT molecular complexity index is 1010. The van der Waals surface area contributed by atoms with Crippen molar-refractivity contribution in [3.63, 3.8) is 0 Å². The summed E-state index contributed by atoms with van der Waals surface area (Å²) in [6, 6.07) is 12.9. The lowest BCUT2D eigenvalue weighted by atomic mass is 9.80. The lowest BCUT2D eigenvalue weighted by Crippen LogP contribution is -2.30. The molecular formula is C21H24BNO6. The monoisotopic (exact) mass is 397 g/mol. The fraction of sp³-hybridized carbons (Fsp3) is 0.286. The standard InChI is InChI=1S/C21H24BNO6/c1-21(2,3)29-20(24)23-12-16(22(25)26)15-10-18(27-4)19(11-17(15)23)28-13-14-8-6-5-7-9-14/h5-12,25-26H,13H2,1-4H3. The average Bonchev–Trinajstić information content (AvgIpc) is 3.04. The number of rotatable bonds is 5. The van der Waals surface area contributed by atoms with Crippen LogP contribution in [0.2, 0.25) is 0 Å². The Labute approximate surface area is 169 Å². The van der Waals surface area contributed by atoms with Gasteiger partial charge in [-0.2, -0.15) is 0 Å². The lowest BCUT2D eigenvalue weighted by Gasteiger charge is -2.20. The molecule has 0 saturated heterocycles. The predicted molar refractivity (Wildman–Crippen MR) is 111 cm³/mol. The Balaban J connectivity index is 2.06. The Hall–Kier alpha value is -2.97. The Morgan fingerprint density at radius 1 is 1.10 bits per heavy atom. The fourth-order valence-corrected chi connectivity index (χ4v) is 2.93. The Morgan fingerprint density at radius 3 is 2.38 bits per heavy atom. The van der Waals surface area contributed by atoms with Crippen LogP contribution in [0.1, 0.15) is 26.3 Å². The highest BCUT2D eigenvalue weighted by Gasteiger charge is 2.26. The van der Waals surface area contributed by atoms with Crippen molar-refractivity contribution in [1.82, 2.24) is 4.57 Å². The second kappa shape index (κ2) is 8.18. The molecule has 0 aliphatic rings. The quantitative estimate of drug-likeness (QED) is 0.644. The zero-order chi connectivity index (χ0) is 21.2. The molecule has 29 heavy (non-hydrogen) atoms. The van der Waals surface area contributed by atoms with Crippen LogP contribution in [0, 0.1) is 0 Å². The summed E-state index contributed by atoms with van der Waals surface area (Å²) in [5.74, 6) is 0.836. The zero-order valence-corrected chi connectivity index (χ0v) is 16.9. The van der Waals surface area contributed by atoms with Crippen LogP contribution in [-0.4, -0.2) is 40.5 Å². The molecule has 1 heterocycles. The molecule has 0 spiro atoms. The van der Waals surface area contributed by atoms with E-state index in [0.717, 1.165) is 5.56 Å². The maximum absolute atomic E-state index is 12.7. The van der Waals surface area contributed by atoms with Gasteiger partial charge in [-0.15, -0.1) is 0 Å². The first-order chi connectivity index (χ1) is 13.7. The van der Waals surface area contributed by atoms with E-state index in [2.05, 4.69) is 0 Å². The first-order valence-corrected chi connectivity index (χ1v) is 9.19. The van der Waals surface area contributed by atoms with Gasteiger partial charge in [0.1, 0.15) is 12.2 Å². The van der Waals surface area contributed by atoms with Gasteiger partial charge in [0, 0.05) is 23.1 Å². The van der Waals surface area contributed by atoms with Crippen LogP contribution in [0.15, 0.2) is 48.7 Å². The first kappa shape index (κ1) is 20.8. The average molecular weight is 397 g/mol. The van der Waals surface area contributed by atoms with Crippen molar-refractivity contribution in [2.24, 2.45) is 0 Å². The van der Waals surface area contributed by atoms with E-state index in [1.165, 1.54) is 17.9 Å². The molecule has 8 heteroatoms. The van der Waals surface area contributed by atoms with Crippen molar-refractivity contribution in [1.29, 1.82) is 0 Å². The molecule has 0 amide bonds. The minimum absolute atomic E-state index is 0.166. The molecule has 0 saturated carbocycles. The van der Waals surface area contributed by atoms with Crippen LogP contribution in [-0.2, 0) is 11.3 Å². The van der Waals surface area contributed by atoms with E-state index >= 15 is 0 Å². The van der Waals surface area contributed by atoms with E-state index in [-0.39, 0.29) is 5.46 Å². The summed E-state index contributed by atoms with van der Waals surface area (Å²) in [4.78, 5) is 12.7. The maximum Gasteiger partial charge on any atom is 0.490 e. The summed E-state index contributed by atoms with van der Waals surface area (Å²) in [5.41, 5.74) is 0.860. The van der Waals surface area contributed by atoms with E-state index in [9.17, 15) is 14.8 Å². The number of ether oxygens (including phenoxy) is 3. The molecular weight excluding hydrogens is 373 g/mol. The van der Waals surface area contributed by atoms with Crippen LogP contribution < -0.4 is 14.9 Å². The molecule has 7 nitrogen and oxygen atoms in total. The summed E-state index contributed by atoms with van der Waals surface area (Å²) in [6.07, 6.45) is 0.720. The number of nitrogens with zero attached hydrogens (tertiary/aromatic N) is 1. The van der Waals surface area contributed by atoms with Gasteiger partial charge in [-0.05, 0) is 32.4 Å². The van der Waals surface area contributed by atoms with E-state index < -0.39 is 18.8 Å². The Morgan fingerprint density at radius 2 is 1.79 bits per heavy atom. The number of aromatic nitrogens is 1. The van der Waals surface area contributed by atoms with Crippen LogP contribution >= 0.6 is 0 Å². The van der Waals surface area contributed by atoms with Gasteiger partial charge < -0.3 is 24.3 Å². The van der Waals surface area contributed by atoms with Crippen molar-refractivity contribution >= 4 is 29.6 Å². The second-order valence-electron chi connectivity index (χ2n) is 7.60. The number of hydrogen-bond donors (Lipinski definition) is 2. The van der Waals surface area contributed by atoms with Crippen molar-refractivity contribution in [3.05, 3.63) is 54.2 Å². The van der Waals surface area contributed by atoms with Crippen LogP contribution in [0.25, 0.3) is 10.9 Å². The molecule has 3 aromatic rings. The molecule has 0 fully saturated rings. The second-order valence-corrected chi connectivity index (χ2v) is 7.60. The van der Waals surface area contributed by atoms with E-state index in [1.54, 1.807) is 32.9 Å². The van der Waals surface area contributed by atoms with Gasteiger partial charge in [0.15, 0.2) is 11.5 Å². The third-order valence-electron chi connectivity index (χ3n) is 4.23. The predicted octanol–water partition coefficient (Wildman–Crippen LogP) is 2.69. The SMILES string of the molecule is COc1cc2c(B(O)O)cn(C(=O)OC(C)(C)C)c2cc1OCc1ccccc1. The summed E-state index contributed by atoms with van der Waals surface area (Å²) in [5, 5.41) is 20.0. The fourth-order valence-electron chi connectivity index (χ4n) is 2.93.